The van der Waals surface area contributed by atoms with Crippen LogP contribution in [0.25, 0.3) is 21.2 Å². The zero-order valence-electron chi connectivity index (χ0n) is 14.7. The highest BCUT2D eigenvalue weighted by Gasteiger charge is 2.31. The number of fused-ring (bicyclic) bond motifs is 1. The highest BCUT2D eigenvalue weighted by molar-refractivity contribution is 7.20. The lowest BCUT2D eigenvalue weighted by atomic mass is 10.0. The molecule has 2 aromatic carbocycles. The molecule has 0 aliphatic carbocycles. The molecular formula is C20H16F3NO3S. The summed E-state index contributed by atoms with van der Waals surface area (Å²) in [5.74, 6) is -0.290. The third-order valence-electron chi connectivity index (χ3n) is 4.47. The van der Waals surface area contributed by atoms with Crippen LogP contribution in [0.1, 0.15) is 9.67 Å². The van der Waals surface area contributed by atoms with Crippen LogP contribution in [0, 0.1) is 0 Å². The normalized spacial score (nSPS) is 15.0. The molecule has 4 nitrogen and oxygen atoms in total. The molecule has 0 bridgehead atoms. The van der Waals surface area contributed by atoms with Crippen LogP contribution in [-0.4, -0.2) is 43.5 Å². The number of hydrogen-bond donors (Lipinski definition) is 0. The molecule has 0 saturated carbocycles. The molecule has 146 valence electrons. The molecule has 1 aromatic heterocycles. The number of thiophene rings is 1. The zero-order chi connectivity index (χ0) is 19.7. The van der Waals surface area contributed by atoms with E-state index in [1.807, 2.05) is 24.3 Å². The molecule has 3 aromatic rings. The summed E-state index contributed by atoms with van der Waals surface area (Å²) in [6.45, 7) is 2.21. The van der Waals surface area contributed by atoms with Gasteiger partial charge in [0.25, 0.3) is 5.91 Å². The maximum absolute atomic E-state index is 12.8. The Morgan fingerprint density at radius 1 is 1.07 bits per heavy atom. The van der Waals surface area contributed by atoms with E-state index in [-0.39, 0.29) is 11.7 Å². The lowest BCUT2D eigenvalue weighted by Crippen LogP contribution is -2.40. The number of benzene rings is 2. The Morgan fingerprint density at radius 3 is 2.46 bits per heavy atom. The van der Waals surface area contributed by atoms with Gasteiger partial charge >= 0.3 is 6.36 Å². The van der Waals surface area contributed by atoms with E-state index in [1.165, 1.54) is 23.5 Å². The molecule has 2 heterocycles. The molecule has 4 rings (SSSR count). The van der Waals surface area contributed by atoms with Crippen molar-refractivity contribution in [2.45, 2.75) is 6.36 Å². The number of morpholine rings is 1. The molecule has 1 aliphatic rings. The number of rotatable bonds is 3. The first kappa shape index (κ1) is 18.8. The van der Waals surface area contributed by atoms with Crippen molar-refractivity contribution in [1.82, 2.24) is 4.90 Å². The van der Waals surface area contributed by atoms with Gasteiger partial charge in [0.15, 0.2) is 0 Å². The van der Waals surface area contributed by atoms with E-state index >= 15 is 0 Å². The Balaban J connectivity index is 1.64. The van der Waals surface area contributed by atoms with Crippen molar-refractivity contribution in [2.24, 2.45) is 0 Å². The highest BCUT2D eigenvalue weighted by atomic mass is 32.1. The van der Waals surface area contributed by atoms with Crippen molar-refractivity contribution in [3.05, 3.63) is 53.4 Å². The molecule has 28 heavy (non-hydrogen) atoms. The van der Waals surface area contributed by atoms with Crippen LogP contribution in [0.5, 0.6) is 5.75 Å². The maximum atomic E-state index is 12.8. The lowest BCUT2D eigenvalue weighted by Gasteiger charge is -2.26. The molecule has 0 atom stereocenters. The summed E-state index contributed by atoms with van der Waals surface area (Å²) in [6.07, 6.45) is -4.72. The molecule has 0 unspecified atom stereocenters. The van der Waals surface area contributed by atoms with Crippen molar-refractivity contribution >= 4 is 27.3 Å². The van der Waals surface area contributed by atoms with Gasteiger partial charge in [0, 0.05) is 23.2 Å². The average molecular weight is 407 g/mol. The molecule has 1 aliphatic heterocycles. The van der Waals surface area contributed by atoms with Gasteiger partial charge in [-0.15, -0.1) is 24.5 Å². The van der Waals surface area contributed by atoms with E-state index in [4.69, 9.17) is 4.74 Å². The largest absolute Gasteiger partial charge is 0.573 e. The van der Waals surface area contributed by atoms with Gasteiger partial charge < -0.3 is 14.4 Å². The first-order valence-electron chi connectivity index (χ1n) is 8.66. The summed E-state index contributed by atoms with van der Waals surface area (Å²) < 4.78 is 47.2. The third-order valence-corrected chi connectivity index (χ3v) is 5.56. The summed E-state index contributed by atoms with van der Waals surface area (Å²) in [5, 5.41) is 0.897. The van der Waals surface area contributed by atoms with Crippen LogP contribution in [0.3, 0.4) is 0 Å². The summed E-state index contributed by atoms with van der Waals surface area (Å²) in [4.78, 5) is 15.2. The van der Waals surface area contributed by atoms with Crippen molar-refractivity contribution < 1.29 is 27.4 Å². The minimum absolute atomic E-state index is 0.0237. The second kappa shape index (κ2) is 7.44. The lowest BCUT2D eigenvalue weighted by molar-refractivity contribution is -0.274. The van der Waals surface area contributed by atoms with E-state index in [1.54, 1.807) is 17.0 Å². The van der Waals surface area contributed by atoms with Crippen molar-refractivity contribution in [2.75, 3.05) is 26.3 Å². The number of hydrogen-bond acceptors (Lipinski definition) is 4. The highest BCUT2D eigenvalue weighted by Crippen LogP contribution is 2.35. The number of halogens is 3. The quantitative estimate of drug-likeness (QED) is 0.617. The second-order valence-electron chi connectivity index (χ2n) is 6.30. The average Bonchev–Trinajstić information content (AvgIpc) is 3.12. The SMILES string of the molecule is O=C(c1cc2c(-c3ccc(OC(F)(F)F)cc3)cccc2s1)N1CCOCC1. The van der Waals surface area contributed by atoms with Crippen molar-refractivity contribution in [3.63, 3.8) is 0 Å². The molecule has 1 amide bonds. The standard InChI is InChI=1S/C20H16F3NO3S/c21-20(22,23)27-14-6-4-13(5-7-14)15-2-1-3-17-16(15)12-18(28-17)19(25)24-8-10-26-11-9-24/h1-7,12H,8-11H2. The minimum atomic E-state index is -4.72. The van der Waals surface area contributed by atoms with Crippen LogP contribution >= 0.6 is 11.3 Å². The molecular weight excluding hydrogens is 391 g/mol. The molecule has 8 heteroatoms. The van der Waals surface area contributed by atoms with Crippen molar-refractivity contribution in [1.29, 1.82) is 0 Å². The fourth-order valence-corrected chi connectivity index (χ4v) is 4.23. The minimum Gasteiger partial charge on any atom is -0.406 e. The summed E-state index contributed by atoms with van der Waals surface area (Å²) >= 11 is 1.41. The van der Waals surface area contributed by atoms with Gasteiger partial charge in [0.1, 0.15) is 5.75 Å². The first-order valence-corrected chi connectivity index (χ1v) is 9.48. The predicted molar refractivity (Wildman–Crippen MR) is 101 cm³/mol. The maximum Gasteiger partial charge on any atom is 0.573 e. The van der Waals surface area contributed by atoms with Crippen molar-refractivity contribution in [3.8, 4) is 16.9 Å². The van der Waals surface area contributed by atoms with Gasteiger partial charge in [-0.2, -0.15) is 0 Å². The Bertz CT molecular complexity index is 992. The van der Waals surface area contributed by atoms with Crippen LogP contribution in [0.4, 0.5) is 13.2 Å². The monoisotopic (exact) mass is 407 g/mol. The Labute approximate surface area is 163 Å². The number of amides is 1. The number of alkyl halides is 3. The smallest absolute Gasteiger partial charge is 0.406 e. The number of nitrogens with zero attached hydrogens (tertiary/aromatic N) is 1. The topological polar surface area (TPSA) is 38.8 Å². The van der Waals surface area contributed by atoms with Crippen LogP contribution in [0.2, 0.25) is 0 Å². The van der Waals surface area contributed by atoms with E-state index < -0.39 is 6.36 Å². The third kappa shape index (κ3) is 3.98. The Kier molecular flexibility index (Phi) is 4.99. The van der Waals surface area contributed by atoms with Gasteiger partial charge in [-0.3, -0.25) is 4.79 Å². The van der Waals surface area contributed by atoms with Gasteiger partial charge in [-0.1, -0.05) is 24.3 Å². The summed E-state index contributed by atoms with van der Waals surface area (Å²) in [5.41, 5.74) is 1.61. The molecule has 1 fully saturated rings. The molecule has 0 spiro atoms. The molecule has 0 radical (unpaired) electrons. The van der Waals surface area contributed by atoms with Gasteiger partial charge in [-0.25, -0.2) is 0 Å². The van der Waals surface area contributed by atoms with Gasteiger partial charge in [0.05, 0.1) is 18.1 Å². The zero-order valence-corrected chi connectivity index (χ0v) is 15.5. The van der Waals surface area contributed by atoms with Crippen LogP contribution in [-0.2, 0) is 4.74 Å². The predicted octanol–water partition coefficient (Wildman–Crippen LogP) is 4.94. The van der Waals surface area contributed by atoms with E-state index in [2.05, 4.69) is 4.74 Å². The Morgan fingerprint density at radius 2 is 1.79 bits per heavy atom. The number of ether oxygens (including phenoxy) is 2. The fourth-order valence-electron chi connectivity index (χ4n) is 3.18. The van der Waals surface area contributed by atoms with E-state index in [0.717, 1.165) is 21.2 Å². The first-order chi connectivity index (χ1) is 13.4. The van der Waals surface area contributed by atoms with Crippen LogP contribution < -0.4 is 4.74 Å². The summed E-state index contributed by atoms with van der Waals surface area (Å²) in [7, 11) is 0. The number of carbonyl (C=O) groups excluding carboxylic acids is 1. The summed E-state index contributed by atoms with van der Waals surface area (Å²) in [6, 6.07) is 13.3. The molecule has 1 saturated heterocycles. The molecule has 0 N–H and O–H groups in total. The number of carbonyl (C=O) groups is 1. The second-order valence-corrected chi connectivity index (χ2v) is 7.39. The Hall–Kier alpha value is -2.58. The fraction of sp³-hybridized carbons (Fsp3) is 0.250. The van der Waals surface area contributed by atoms with E-state index in [9.17, 15) is 18.0 Å². The van der Waals surface area contributed by atoms with Crippen LogP contribution in [0.15, 0.2) is 48.5 Å². The van der Waals surface area contributed by atoms with Gasteiger partial charge in [0.2, 0.25) is 0 Å². The van der Waals surface area contributed by atoms with E-state index in [0.29, 0.717) is 31.2 Å². The van der Waals surface area contributed by atoms with Gasteiger partial charge in [-0.05, 0) is 35.4 Å².